The molecule has 3 heterocycles. The smallest absolute Gasteiger partial charge is 0.241 e. The molecular weight excluding hydrogens is 528 g/mol. The van der Waals surface area contributed by atoms with E-state index in [-0.39, 0.29) is 22.9 Å². The Labute approximate surface area is 234 Å². The summed E-state index contributed by atoms with van der Waals surface area (Å²) >= 11 is 0. The van der Waals surface area contributed by atoms with E-state index in [9.17, 15) is 8.42 Å². The van der Waals surface area contributed by atoms with E-state index in [0.717, 1.165) is 35.0 Å². The van der Waals surface area contributed by atoms with Crippen molar-refractivity contribution in [2.24, 2.45) is 5.92 Å². The van der Waals surface area contributed by atoms with Crippen LogP contribution in [0.2, 0.25) is 0 Å². The fraction of sp³-hybridized carbons (Fsp3) is 0.519. The predicted octanol–water partition coefficient (Wildman–Crippen LogP) is 3.68. The number of hydrogen-bond donors (Lipinski definition) is 3. The monoisotopic (exact) mass is 564 g/mol. The molecule has 1 aromatic carbocycles. The SMILES string of the molecule is CCNc1nncn1C1CC(n2cnnc2NCC)c2c1cc(S(=O)(=O)NCC(C)C)c1cc(C3CC3)ncc21. The highest BCUT2D eigenvalue weighted by atomic mass is 32.2. The van der Waals surface area contributed by atoms with Gasteiger partial charge in [-0.25, -0.2) is 13.1 Å². The van der Waals surface area contributed by atoms with Gasteiger partial charge in [0.05, 0.1) is 17.0 Å². The van der Waals surface area contributed by atoms with Crippen LogP contribution in [0.5, 0.6) is 0 Å². The first-order chi connectivity index (χ1) is 19.3. The summed E-state index contributed by atoms with van der Waals surface area (Å²) in [5, 5.41) is 25.1. The van der Waals surface area contributed by atoms with Gasteiger partial charge in [0.15, 0.2) is 0 Å². The van der Waals surface area contributed by atoms with E-state index in [1.165, 1.54) is 0 Å². The first-order valence-electron chi connectivity index (χ1n) is 14.0. The lowest BCUT2D eigenvalue weighted by molar-refractivity contribution is 0.491. The average molecular weight is 565 g/mol. The van der Waals surface area contributed by atoms with E-state index in [2.05, 4.69) is 35.8 Å². The topological polar surface area (TPSA) is 145 Å². The lowest BCUT2D eigenvalue weighted by Gasteiger charge is -2.20. The van der Waals surface area contributed by atoms with Gasteiger partial charge in [-0.3, -0.25) is 14.1 Å². The highest BCUT2D eigenvalue weighted by Gasteiger charge is 2.39. The van der Waals surface area contributed by atoms with Crippen LogP contribution in [0.25, 0.3) is 10.8 Å². The van der Waals surface area contributed by atoms with Crippen molar-refractivity contribution in [1.82, 2.24) is 39.2 Å². The fourth-order valence-electron chi connectivity index (χ4n) is 5.65. The third-order valence-corrected chi connectivity index (χ3v) is 9.13. The molecule has 12 nitrogen and oxygen atoms in total. The maximum Gasteiger partial charge on any atom is 0.241 e. The average Bonchev–Trinajstić information content (AvgIpc) is 3.32. The van der Waals surface area contributed by atoms with Gasteiger partial charge >= 0.3 is 0 Å². The summed E-state index contributed by atoms with van der Waals surface area (Å²) < 4.78 is 34.6. The van der Waals surface area contributed by atoms with Crippen LogP contribution in [0.4, 0.5) is 11.9 Å². The van der Waals surface area contributed by atoms with Crippen LogP contribution in [-0.4, -0.2) is 62.6 Å². The van der Waals surface area contributed by atoms with Crippen molar-refractivity contribution >= 4 is 32.7 Å². The summed E-state index contributed by atoms with van der Waals surface area (Å²) in [6.45, 7) is 9.75. The molecule has 0 bridgehead atoms. The fourth-order valence-corrected chi connectivity index (χ4v) is 7.10. The molecule has 3 aromatic heterocycles. The molecule has 4 aromatic rings. The van der Waals surface area contributed by atoms with Crippen LogP contribution in [0.3, 0.4) is 0 Å². The quantitative estimate of drug-likeness (QED) is 0.248. The molecule has 212 valence electrons. The molecule has 40 heavy (non-hydrogen) atoms. The van der Waals surface area contributed by atoms with E-state index in [4.69, 9.17) is 4.98 Å². The Morgan fingerprint density at radius 3 is 2.20 bits per heavy atom. The Balaban J connectivity index is 1.61. The highest BCUT2D eigenvalue weighted by molar-refractivity contribution is 7.89. The van der Waals surface area contributed by atoms with Crippen molar-refractivity contribution in [1.29, 1.82) is 0 Å². The zero-order chi connectivity index (χ0) is 28.0. The van der Waals surface area contributed by atoms with Gasteiger partial charge in [0.2, 0.25) is 21.9 Å². The number of benzene rings is 1. The third-order valence-electron chi connectivity index (χ3n) is 7.67. The lowest BCUT2D eigenvalue weighted by atomic mass is 9.98. The highest BCUT2D eigenvalue weighted by Crippen LogP contribution is 2.50. The first kappa shape index (κ1) is 26.6. The van der Waals surface area contributed by atoms with Crippen LogP contribution < -0.4 is 15.4 Å². The minimum Gasteiger partial charge on any atom is -0.355 e. The van der Waals surface area contributed by atoms with Crippen molar-refractivity contribution < 1.29 is 8.42 Å². The summed E-state index contributed by atoms with van der Waals surface area (Å²) in [4.78, 5) is 5.12. The maximum absolute atomic E-state index is 13.8. The number of hydrogen-bond acceptors (Lipinski definition) is 9. The summed E-state index contributed by atoms with van der Waals surface area (Å²) in [5.41, 5.74) is 2.87. The molecule has 0 radical (unpaired) electrons. The van der Waals surface area contributed by atoms with Crippen molar-refractivity contribution in [3.63, 3.8) is 0 Å². The number of fused-ring (bicyclic) bond motifs is 3. The Kier molecular flexibility index (Phi) is 6.95. The number of nitrogens with one attached hydrogen (secondary N) is 3. The van der Waals surface area contributed by atoms with E-state index in [1.807, 2.05) is 55.2 Å². The third kappa shape index (κ3) is 4.70. The van der Waals surface area contributed by atoms with E-state index < -0.39 is 10.0 Å². The van der Waals surface area contributed by atoms with Gasteiger partial charge in [-0.05, 0) is 62.3 Å². The van der Waals surface area contributed by atoms with Gasteiger partial charge in [-0.1, -0.05) is 13.8 Å². The summed E-state index contributed by atoms with van der Waals surface area (Å²) in [6, 6.07) is 3.47. The van der Waals surface area contributed by atoms with Gasteiger partial charge in [0.1, 0.15) is 12.7 Å². The molecule has 2 aliphatic rings. The molecule has 0 amide bonds. The van der Waals surface area contributed by atoms with Crippen molar-refractivity contribution in [3.05, 3.63) is 47.8 Å². The normalized spacial score (nSPS) is 18.9. The molecule has 0 aliphatic heterocycles. The zero-order valence-electron chi connectivity index (χ0n) is 23.3. The molecule has 0 saturated heterocycles. The Bertz CT molecular complexity index is 1640. The van der Waals surface area contributed by atoms with Crippen LogP contribution in [0.15, 0.2) is 35.9 Å². The predicted molar refractivity (Wildman–Crippen MR) is 153 cm³/mol. The second-order valence-corrected chi connectivity index (χ2v) is 12.7. The number of rotatable bonds is 11. The largest absolute Gasteiger partial charge is 0.355 e. The number of pyridine rings is 1. The molecule has 2 aliphatic carbocycles. The van der Waals surface area contributed by atoms with E-state index >= 15 is 0 Å². The molecule has 1 fully saturated rings. The van der Waals surface area contributed by atoms with Crippen molar-refractivity contribution in [2.75, 3.05) is 30.3 Å². The Morgan fingerprint density at radius 2 is 1.60 bits per heavy atom. The summed E-state index contributed by atoms with van der Waals surface area (Å²) in [7, 11) is -3.80. The van der Waals surface area contributed by atoms with Crippen LogP contribution in [-0.2, 0) is 10.0 Å². The van der Waals surface area contributed by atoms with Crippen molar-refractivity contribution in [2.45, 2.75) is 69.9 Å². The zero-order valence-corrected chi connectivity index (χ0v) is 24.1. The minimum atomic E-state index is -3.80. The lowest BCUT2D eigenvalue weighted by Crippen LogP contribution is -2.28. The van der Waals surface area contributed by atoms with Gasteiger partial charge < -0.3 is 10.6 Å². The van der Waals surface area contributed by atoms with Gasteiger partial charge in [-0.2, -0.15) is 0 Å². The van der Waals surface area contributed by atoms with Gasteiger partial charge in [-0.15, -0.1) is 20.4 Å². The maximum atomic E-state index is 13.8. The molecule has 2 unspecified atom stereocenters. The van der Waals surface area contributed by atoms with E-state index in [0.29, 0.717) is 49.3 Å². The molecule has 13 heteroatoms. The number of sulfonamides is 1. The number of nitrogens with zero attached hydrogens (tertiary/aromatic N) is 7. The second kappa shape index (κ2) is 10.4. The standard InChI is InChI=1S/C27H36N10O2S/c1-5-28-26-34-31-14-36(26)22-11-23(37-15-32-35-27(37)29-6-2)25-19(22)10-24(40(38,39)33-12-16(3)4)18-9-21(17-7-8-17)30-13-20(18)25/h9-10,13-17,22-23,33H,5-8,11-12H2,1-4H3,(H,28,34)(H,29,35). The molecule has 2 atom stereocenters. The molecule has 1 saturated carbocycles. The summed E-state index contributed by atoms with van der Waals surface area (Å²) in [6.07, 6.45) is 8.11. The van der Waals surface area contributed by atoms with Crippen molar-refractivity contribution in [3.8, 4) is 0 Å². The number of anilines is 2. The van der Waals surface area contributed by atoms with Gasteiger partial charge in [0.25, 0.3) is 0 Å². The Morgan fingerprint density at radius 1 is 0.950 bits per heavy atom. The molecule has 0 spiro atoms. The molecule has 6 rings (SSSR count). The van der Waals surface area contributed by atoms with Crippen LogP contribution >= 0.6 is 0 Å². The Hall–Kier alpha value is -3.58. The second-order valence-electron chi connectivity index (χ2n) is 11.0. The molecule has 3 N–H and O–H groups in total. The summed E-state index contributed by atoms with van der Waals surface area (Å²) in [5.74, 6) is 1.87. The molecular formula is C27H36N10O2S. The van der Waals surface area contributed by atoms with Crippen LogP contribution in [0, 0.1) is 5.92 Å². The number of aromatic nitrogens is 7. The van der Waals surface area contributed by atoms with E-state index in [1.54, 1.807) is 12.7 Å². The van der Waals surface area contributed by atoms with Gasteiger partial charge in [0, 0.05) is 48.2 Å². The minimum absolute atomic E-state index is 0.155. The first-order valence-corrected chi connectivity index (χ1v) is 15.5. The van der Waals surface area contributed by atoms with Crippen LogP contribution in [0.1, 0.15) is 81.8 Å².